The molecule has 0 atom stereocenters. The standard InChI is InChI=1S/C7H5BrFNO2/c8-4-5-3-6(9)1-2-7(5)10(11)12/h1-3H,4H2. The Morgan fingerprint density at radius 3 is 2.75 bits per heavy atom. The Balaban J connectivity index is 3.20. The number of nitrogens with zero attached hydrogens (tertiary/aromatic N) is 1. The molecule has 0 aliphatic carbocycles. The number of alkyl halides is 1. The number of nitro groups is 1. The van der Waals surface area contributed by atoms with Gasteiger partial charge in [-0.15, -0.1) is 0 Å². The van der Waals surface area contributed by atoms with Crippen molar-refractivity contribution in [2.75, 3.05) is 0 Å². The average Bonchev–Trinajstić information content (AvgIpc) is 2.03. The van der Waals surface area contributed by atoms with E-state index in [1.165, 1.54) is 0 Å². The summed E-state index contributed by atoms with van der Waals surface area (Å²) in [6.45, 7) is 0. The monoisotopic (exact) mass is 233 g/mol. The van der Waals surface area contributed by atoms with Crippen molar-refractivity contribution in [3.8, 4) is 0 Å². The number of benzene rings is 1. The second-order valence-corrected chi connectivity index (χ2v) is 2.72. The van der Waals surface area contributed by atoms with Crippen molar-refractivity contribution in [1.29, 1.82) is 0 Å². The summed E-state index contributed by atoms with van der Waals surface area (Å²) in [6.07, 6.45) is 0. The number of halogens is 2. The minimum absolute atomic E-state index is 0.0618. The number of hydrogen-bond acceptors (Lipinski definition) is 2. The maximum Gasteiger partial charge on any atom is 0.273 e. The molecule has 0 aliphatic rings. The van der Waals surface area contributed by atoms with Crippen LogP contribution < -0.4 is 0 Å². The SMILES string of the molecule is O=[N+]([O-])c1ccc(F)cc1CBr. The van der Waals surface area contributed by atoms with Crippen LogP contribution in [0.15, 0.2) is 18.2 Å². The highest BCUT2D eigenvalue weighted by Crippen LogP contribution is 2.21. The molecule has 0 saturated heterocycles. The summed E-state index contributed by atoms with van der Waals surface area (Å²) < 4.78 is 12.6. The molecule has 12 heavy (non-hydrogen) atoms. The molecule has 0 radical (unpaired) electrons. The van der Waals surface area contributed by atoms with Crippen LogP contribution in [-0.4, -0.2) is 4.92 Å². The van der Waals surface area contributed by atoms with Crippen molar-refractivity contribution in [2.24, 2.45) is 0 Å². The Kier molecular flexibility index (Phi) is 2.75. The molecule has 0 heterocycles. The topological polar surface area (TPSA) is 43.1 Å². The summed E-state index contributed by atoms with van der Waals surface area (Å²) in [4.78, 5) is 9.82. The first kappa shape index (κ1) is 9.12. The maximum absolute atomic E-state index is 12.6. The van der Waals surface area contributed by atoms with Crippen LogP contribution in [0.3, 0.4) is 0 Å². The van der Waals surface area contributed by atoms with Gasteiger partial charge in [0.05, 0.1) is 4.92 Å². The van der Waals surface area contributed by atoms with Gasteiger partial charge in [0.25, 0.3) is 5.69 Å². The fourth-order valence-corrected chi connectivity index (χ4v) is 1.29. The lowest BCUT2D eigenvalue weighted by Gasteiger charge is -1.97. The fourth-order valence-electron chi connectivity index (χ4n) is 0.839. The summed E-state index contributed by atoms with van der Waals surface area (Å²) in [5.41, 5.74) is 0.285. The van der Waals surface area contributed by atoms with E-state index in [4.69, 9.17) is 0 Å². The number of hydrogen-bond donors (Lipinski definition) is 0. The third kappa shape index (κ3) is 1.79. The molecule has 64 valence electrons. The third-order valence-corrected chi connectivity index (χ3v) is 1.99. The lowest BCUT2D eigenvalue weighted by molar-refractivity contribution is -0.385. The highest BCUT2D eigenvalue weighted by Gasteiger charge is 2.12. The van der Waals surface area contributed by atoms with Gasteiger partial charge in [0, 0.05) is 17.0 Å². The van der Waals surface area contributed by atoms with Crippen molar-refractivity contribution in [3.63, 3.8) is 0 Å². The number of rotatable bonds is 2. The zero-order valence-electron chi connectivity index (χ0n) is 5.96. The summed E-state index contributed by atoms with van der Waals surface area (Å²) in [6, 6.07) is 3.38. The van der Waals surface area contributed by atoms with Crippen LogP contribution in [0.2, 0.25) is 0 Å². The molecular weight excluding hydrogens is 229 g/mol. The fraction of sp³-hybridized carbons (Fsp3) is 0.143. The third-order valence-electron chi connectivity index (χ3n) is 1.38. The summed E-state index contributed by atoms with van der Waals surface area (Å²) in [7, 11) is 0. The second kappa shape index (κ2) is 3.62. The van der Waals surface area contributed by atoms with Crippen molar-refractivity contribution in [3.05, 3.63) is 39.7 Å². The molecule has 0 N–H and O–H groups in total. The van der Waals surface area contributed by atoms with Crippen molar-refractivity contribution < 1.29 is 9.31 Å². The maximum atomic E-state index is 12.6. The highest BCUT2D eigenvalue weighted by atomic mass is 79.9. The molecule has 1 rings (SSSR count). The Morgan fingerprint density at radius 1 is 1.58 bits per heavy atom. The average molecular weight is 234 g/mol. The molecule has 0 aliphatic heterocycles. The van der Waals surface area contributed by atoms with Gasteiger partial charge >= 0.3 is 0 Å². The molecule has 1 aromatic carbocycles. The van der Waals surface area contributed by atoms with Gasteiger partial charge in [0.2, 0.25) is 0 Å². The second-order valence-electron chi connectivity index (χ2n) is 2.16. The molecule has 1 aromatic rings. The van der Waals surface area contributed by atoms with Crippen LogP contribution >= 0.6 is 15.9 Å². The first-order valence-corrected chi connectivity index (χ1v) is 4.26. The van der Waals surface area contributed by atoms with E-state index in [-0.39, 0.29) is 11.0 Å². The molecule has 0 aromatic heterocycles. The molecular formula is C7H5BrFNO2. The van der Waals surface area contributed by atoms with Gasteiger partial charge in [0.1, 0.15) is 5.82 Å². The van der Waals surface area contributed by atoms with Gasteiger partial charge in [-0.3, -0.25) is 10.1 Å². The van der Waals surface area contributed by atoms with E-state index in [9.17, 15) is 14.5 Å². The van der Waals surface area contributed by atoms with Crippen molar-refractivity contribution in [1.82, 2.24) is 0 Å². The van der Waals surface area contributed by atoms with E-state index in [0.717, 1.165) is 18.2 Å². The van der Waals surface area contributed by atoms with Crippen LogP contribution in [0.1, 0.15) is 5.56 Å². The molecule has 0 amide bonds. The van der Waals surface area contributed by atoms with E-state index < -0.39 is 10.7 Å². The first-order chi connectivity index (χ1) is 5.65. The number of nitro benzene ring substituents is 1. The zero-order chi connectivity index (χ0) is 9.14. The minimum Gasteiger partial charge on any atom is -0.258 e. The lowest BCUT2D eigenvalue weighted by atomic mass is 10.2. The van der Waals surface area contributed by atoms with E-state index >= 15 is 0 Å². The largest absolute Gasteiger partial charge is 0.273 e. The van der Waals surface area contributed by atoms with Crippen LogP contribution in [0, 0.1) is 15.9 Å². The van der Waals surface area contributed by atoms with Gasteiger partial charge in [-0.2, -0.15) is 0 Å². The normalized spacial score (nSPS) is 9.83. The van der Waals surface area contributed by atoms with Crippen LogP contribution in [0.25, 0.3) is 0 Å². The smallest absolute Gasteiger partial charge is 0.258 e. The Hall–Kier alpha value is -0.970. The lowest BCUT2D eigenvalue weighted by Crippen LogP contribution is -1.93. The van der Waals surface area contributed by atoms with Gasteiger partial charge in [0.15, 0.2) is 0 Å². The van der Waals surface area contributed by atoms with E-state index in [0.29, 0.717) is 5.56 Å². The molecule has 0 fully saturated rings. The predicted molar refractivity (Wildman–Crippen MR) is 45.7 cm³/mol. The Labute approximate surface area is 76.5 Å². The zero-order valence-corrected chi connectivity index (χ0v) is 7.54. The van der Waals surface area contributed by atoms with E-state index in [1.54, 1.807) is 0 Å². The Morgan fingerprint density at radius 2 is 2.25 bits per heavy atom. The van der Waals surface area contributed by atoms with E-state index in [2.05, 4.69) is 15.9 Å². The summed E-state index contributed by atoms with van der Waals surface area (Å²) in [5.74, 6) is -0.463. The van der Waals surface area contributed by atoms with Crippen molar-refractivity contribution >= 4 is 21.6 Å². The molecule has 3 nitrogen and oxygen atoms in total. The van der Waals surface area contributed by atoms with Crippen LogP contribution in [0.4, 0.5) is 10.1 Å². The van der Waals surface area contributed by atoms with Crippen LogP contribution in [0.5, 0.6) is 0 Å². The minimum atomic E-state index is -0.532. The highest BCUT2D eigenvalue weighted by molar-refractivity contribution is 9.08. The molecule has 0 unspecified atom stereocenters. The molecule has 0 bridgehead atoms. The first-order valence-electron chi connectivity index (χ1n) is 3.14. The molecule has 0 saturated carbocycles. The van der Waals surface area contributed by atoms with E-state index in [1.807, 2.05) is 0 Å². The van der Waals surface area contributed by atoms with Gasteiger partial charge < -0.3 is 0 Å². The summed E-state index contributed by atoms with van der Waals surface area (Å²) in [5, 5.41) is 10.6. The molecule has 5 heteroatoms. The molecule has 0 spiro atoms. The Bertz CT molecular complexity index is 316. The predicted octanol–water partition coefficient (Wildman–Crippen LogP) is 2.63. The summed E-state index contributed by atoms with van der Waals surface area (Å²) >= 11 is 3.04. The van der Waals surface area contributed by atoms with Crippen LogP contribution in [-0.2, 0) is 5.33 Å². The van der Waals surface area contributed by atoms with Gasteiger partial charge in [-0.1, -0.05) is 15.9 Å². The quantitative estimate of drug-likeness (QED) is 0.448. The van der Waals surface area contributed by atoms with Gasteiger partial charge in [-0.25, -0.2) is 4.39 Å². The van der Waals surface area contributed by atoms with Gasteiger partial charge in [-0.05, 0) is 12.1 Å². The van der Waals surface area contributed by atoms with Crippen molar-refractivity contribution in [2.45, 2.75) is 5.33 Å².